The maximum atomic E-state index is 5.19. The molecule has 2 rings (SSSR count). The molecule has 0 saturated heterocycles. The third kappa shape index (κ3) is 3.12. The van der Waals surface area contributed by atoms with Crippen LogP contribution in [0.25, 0.3) is 0 Å². The lowest BCUT2D eigenvalue weighted by atomic mass is 10.2. The van der Waals surface area contributed by atoms with E-state index in [0.29, 0.717) is 6.04 Å². The van der Waals surface area contributed by atoms with E-state index in [1.54, 1.807) is 7.11 Å². The van der Waals surface area contributed by atoms with Crippen molar-refractivity contribution in [3.8, 4) is 5.75 Å². The van der Waals surface area contributed by atoms with Gasteiger partial charge < -0.3 is 15.4 Å². The summed E-state index contributed by atoms with van der Waals surface area (Å²) in [6, 6.07) is 6.47. The molecule has 17 heavy (non-hydrogen) atoms. The average molecular weight is 298 g/mol. The molecule has 0 spiro atoms. The van der Waals surface area contributed by atoms with Crippen LogP contribution in [0.2, 0.25) is 0 Å². The largest absolute Gasteiger partial charge is 0.496 e. The highest BCUT2D eigenvalue weighted by molar-refractivity contribution is 9.10. The molecule has 1 unspecified atom stereocenters. The molecule has 1 aliphatic rings. The first-order chi connectivity index (χ1) is 8.19. The van der Waals surface area contributed by atoms with E-state index < -0.39 is 0 Å². The number of halogens is 1. The minimum atomic E-state index is 0.431. The standard InChI is InChI=1S/C12H16BrN3O/c1-8-6-14-12(16-8)15-7-9-3-4-11(17-2)10(13)5-9/h3-5,8H,6-7H2,1-2H3,(H2,14,15,16). The summed E-state index contributed by atoms with van der Waals surface area (Å²) in [5.74, 6) is 1.73. The zero-order valence-corrected chi connectivity index (χ0v) is 11.5. The Labute approximate surface area is 110 Å². The number of aliphatic imine (C=N–C) groups is 1. The highest BCUT2D eigenvalue weighted by atomic mass is 79.9. The van der Waals surface area contributed by atoms with Crippen LogP contribution in [0.4, 0.5) is 0 Å². The van der Waals surface area contributed by atoms with Crippen molar-refractivity contribution in [3.05, 3.63) is 28.2 Å². The number of hydrogen-bond acceptors (Lipinski definition) is 4. The Kier molecular flexibility index (Phi) is 3.89. The number of benzene rings is 1. The number of nitrogens with one attached hydrogen (secondary N) is 2. The SMILES string of the molecule is COc1ccc(CNC2=NCC(C)N2)cc1Br. The predicted octanol–water partition coefficient (Wildman–Crippen LogP) is 1.89. The van der Waals surface area contributed by atoms with Gasteiger partial charge in [-0.05, 0) is 40.5 Å². The van der Waals surface area contributed by atoms with Gasteiger partial charge in [0.25, 0.3) is 0 Å². The number of nitrogens with zero attached hydrogens (tertiary/aromatic N) is 1. The van der Waals surface area contributed by atoms with Gasteiger partial charge in [-0.3, -0.25) is 4.99 Å². The Hall–Kier alpha value is -1.23. The van der Waals surface area contributed by atoms with Gasteiger partial charge in [-0.25, -0.2) is 0 Å². The number of methoxy groups -OCH3 is 1. The van der Waals surface area contributed by atoms with Crippen LogP contribution in [0.15, 0.2) is 27.7 Å². The van der Waals surface area contributed by atoms with Gasteiger partial charge in [-0.2, -0.15) is 0 Å². The molecule has 1 heterocycles. The van der Waals surface area contributed by atoms with Crippen LogP contribution >= 0.6 is 15.9 Å². The van der Waals surface area contributed by atoms with E-state index in [9.17, 15) is 0 Å². The van der Waals surface area contributed by atoms with E-state index >= 15 is 0 Å². The van der Waals surface area contributed by atoms with Crippen molar-refractivity contribution in [2.75, 3.05) is 13.7 Å². The van der Waals surface area contributed by atoms with E-state index in [2.05, 4.69) is 38.5 Å². The summed E-state index contributed by atoms with van der Waals surface area (Å²) >= 11 is 3.47. The van der Waals surface area contributed by atoms with Crippen molar-refractivity contribution in [1.82, 2.24) is 10.6 Å². The lowest BCUT2D eigenvalue weighted by molar-refractivity contribution is 0.412. The van der Waals surface area contributed by atoms with Crippen molar-refractivity contribution >= 4 is 21.9 Å². The summed E-state index contributed by atoms with van der Waals surface area (Å²) in [6.07, 6.45) is 0. The fraction of sp³-hybridized carbons (Fsp3) is 0.417. The van der Waals surface area contributed by atoms with E-state index in [0.717, 1.165) is 29.3 Å². The van der Waals surface area contributed by atoms with Gasteiger partial charge in [0, 0.05) is 12.6 Å². The van der Waals surface area contributed by atoms with E-state index in [-0.39, 0.29) is 0 Å². The van der Waals surface area contributed by atoms with Gasteiger partial charge >= 0.3 is 0 Å². The highest BCUT2D eigenvalue weighted by Gasteiger charge is 2.11. The molecule has 1 aromatic carbocycles. The van der Waals surface area contributed by atoms with Crippen molar-refractivity contribution < 1.29 is 4.74 Å². The third-order valence-corrected chi connectivity index (χ3v) is 3.20. The molecular weight excluding hydrogens is 282 g/mol. The summed E-state index contributed by atoms with van der Waals surface area (Å²) in [6.45, 7) is 3.71. The number of hydrogen-bond donors (Lipinski definition) is 2. The molecule has 0 radical (unpaired) electrons. The van der Waals surface area contributed by atoms with Crippen LogP contribution in [0, 0.1) is 0 Å². The molecular formula is C12H16BrN3O. The minimum Gasteiger partial charge on any atom is -0.496 e. The van der Waals surface area contributed by atoms with Crippen LogP contribution in [-0.4, -0.2) is 25.7 Å². The molecule has 0 fully saturated rings. The molecule has 0 amide bonds. The van der Waals surface area contributed by atoms with Gasteiger partial charge in [0.05, 0.1) is 18.1 Å². The second-order valence-electron chi connectivity index (χ2n) is 4.06. The summed E-state index contributed by atoms with van der Waals surface area (Å²) in [5.41, 5.74) is 1.18. The fourth-order valence-electron chi connectivity index (χ4n) is 1.67. The molecule has 0 bridgehead atoms. The second-order valence-corrected chi connectivity index (χ2v) is 4.91. The molecule has 0 aliphatic carbocycles. The maximum absolute atomic E-state index is 5.19. The molecule has 0 aromatic heterocycles. The van der Waals surface area contributed by atoms with E-state index in [4.69, 9.17) is 4.74 Å². The summed E-state index contributed by atoms with van der Waals surface area (Å²) in [4.78, 5) is 4.35. The van der Waals surface area contributed by atoms with Gasteiger partial charge in [-0.15, -0.1) is 0 Å². The lowest BCUT2D eigenvalue weighted by Gasteiger charge is -2.10. The summed E-state index contributed by atoms with van der Waals surface area (Å²) in [7, 11) is 1.66. The Bertz CT molecular complexity index is 434. The fourth-order valence-corrected chi connectivity index (χ4v) is 2.25. The topological polar surface area (TPSA) is 45.6 Å². The first kappa shape index (κ1) is 12.2. The van der Waals surface area contributed by atoms with Gasteiger partial charge in [0.2, 0.25) is 0 Å². The summed E-state index contributed by atoms with van der Waals surface area (Å²) in [5, 5.41) is 6.53. The second kappa shape index (κ2) is 5.40. The van der Waals surface area contributed by atoms with Gasteiger partial charge in [-0.1, -0.05) is 6.07 Å². The molecule has 1 atom stereocenters. The Morgan fingerprint density at radius 2 is 2.41 bits per heavy atom. The molecule has 4 nitrogen and oxygen atoms in total. The third-order valence-electron chi connectivity index (χ3n) is 2.58. The monoisotopic (exact) mass is 297 g/mol. The van der Waals surface area contributed by atoms with Crippen molar-refractivity contribution in [3.63, 3.8) is 0 Å². The molecule has 5 heteroatoms. The predicted molar refractivity (Wildman–Crippen MR) is 72.4 cm³/mol. The first-order valence-electron chi connectivity index (χ1n) is 5.56. The lowest BCUT2D eigenvalue weighted by Crippen LogP contribution is -2.37. The van der Waals surface area contributed by atoms with Crippen LogP contribution in [0.3, 0.4) is 0 Å². The normalized spacial score (nSPS) is 18.5. The molecule has 2 N–H and O–H groups in total. The highest BCUT2D eigenvalue weighted by Crippen LogP contribution is 2.25. The number of ether oxygens (including phenoxy) is 1. The minimum absolute atomic E-state index is 0.431. The molecule has 0 saturated carbocycles. The maximum Gasteiger partial charge on any atom is 0.191 e. The Morgan fingerprint density at radius 1 is 1.59 bits per heavy atom. The van der Waals surface area contributed by atoms with Crippen LogP contribution < -0.4 is 15.4 Å². The number of rotatable bonds is 3. The van der Waals surface area contributed by atoms with Crippen LogP contribution in [-0.2, 0) is 6.54 Å². The van der Waals surface area contributed by atoms with E-state index in [1.165, 1.54) is 5.56 Å². The van der Waals surface area contributed by atoms with Crippen molar-refractivity contribution in [1.29, 1.82) is 0 Å². The Balaban J connectivity index is 1.93. The molecule has 1 aliphatic heterocycles. The van der Waals surface area contributed by atoms with Crippen LogP contribution in [0.5, 0.6) is 5.75 Å². The quantitative estimate of drug-likeness (QED) is 0.896. The van der Waals surface area contributed by atoms with Gasteiger partial charge in [0.1, 0.15) is 5.75 Å². The first-order valence-corrected chi connectivity index (χ1v) is 6.35. The van der Waals surface area contributed by atoms with Crippen molar-refractivity contribution in [2.45, 2.75) is 19.5 Å². The number of guanidine groups is 1. The van der Waals surface area contributed by atoms with Gasteiger partial charge in [0.15, 0.2) is 5.96 Å². The van der Waals surface area contributed by atoms with Crippen molar-refractivity contribution in [2.24, 2.45) is 4.99 Å². The smallest absolute Gasteiger partial charge is 0.191 e. The molecule has 92 valence electrons. The average Bonchev–Trinajstić information content (AvgIpc) is 2.73. The summed E-state index contributed by atoms with van der Waals surface area (Å²) < 4.78 is 6.16. The van der Waals surface area contributed by atoms with E-state index in [1.807, 2.05) is 18.2 Å². The zero-order valence-electron chi connectivity index (χ0n) is 9.96. The van der Waals surface area contributed by atoms with Crippen LogP contribution in [0.1, 0.15) is 12.5 Å². The zero-order chi connectivity index (χ0) is 12.3. The Morgan fingerprint density at radius 3 is 3.00 bits per heavy atom. The molecule has 1 aromatic rings.